The Morgan fingerprint density at radius 2 is 1.45 bits per heavy atom. The van der Waals surface area contributed by atoms with Crippen LogP contribution in [0.5, 0.6) is 0 Å². The molecule has 31 heavy (non-hydrogen) atoms. The summed E-state index contributed by atoms with van der Waals surface area (Å²) in [5, 5.41) is 5.78. The second-order valence-corrected chi connectivity index (χ2v) is 7.09. The van der Waals surface area contributed by atoms with E-state index in [-0.39, 0.29) is 11.8 Å². The second-order valence-electron chi connectivity index (χ2n) is 7.09. The summed E-state index contributed by atoms with van der Waals surface area (Å²) in [6.07, 6.45) is 1.56. The molecule has 154 valence electrons. The summed E-state index contributed by atoms with van der Waals surface area (Å²) in [5.41, 5.74) is 2.82. The molecule has 1 aromatic heterocycles. The van der Waals surface area contributed by atoms with E-state index in [0.717, 1.165) is 11.1 Å². The predicted octanol–water partition coefficient (Wildman–Crippen LogP) is 4.98. The normalized spacial score (nSPS) is 10.6. The molecule has 0 saturated heterocycles. The molecule has 5 heteroatoms. The maximum atomic E-state index is 13.3. The van der Waals surface area contributed by atoms with Crippen molar-refractivity contribution in [3.63, 3.8) is 0 Å². The van der Waals surface area contributed by atoms with Crippen LogP contribution in [-0.4, -0.2) is 11.8 Å². The molecule has 4 rings (SSSR count). The number of amides is 2. The van der Waals surface area contributed by atoms with Crippen molar-refractivity contribution in [1.82, 2.24) is 5.32 Å². The first-order valence-electron chi connectivity index (χ1n) is 10.0. The third-order valence-corrected chi connectivity index (χ3v) is 4.92. The maximum Gasteiger partial charge on any atom is 0.251 e. The fourth-order valence-corrected chi connectivity index (χ4v) is 3.42. The quantitative estimate of drug-likeness (QED) is 0.451. The highest BCUT2D eigenvalue weighted by Gasteiger charge is 2.22. The molecule has 2 amide bonds. The van der Waals surface area contributed by atoms with Crippen molar-refractivity contribution in [2.75, 3.05) is 5.32 Å². The maximum absolute atomic E-state index is 13.3. The topological polar surface area (TPSA) is 71.3 Å². The number of carbonyl (C=O) groups excluding carboxylic acids is 2. The number of anilines is 1. The van der Waals surface area contributed by atoms with Gasteiger partial charge in [0.2, 0.25) is 5.91 Å². The Morgan fingerprint density at radius 1 is 0.774 bits per heavy atom. The molecular weight excluding hydrogens is 388 g/mol. The Labute approximate surface area is 180 Å². The lowest BCUT2D eigenvalue weighted by Crippen LogP contribution is -2.24. The lowest BCUT2D eigenvalue weighted by molar-refractivity contribution is -0.116. The molecule has 0 unspecified atom stereocenters. The Bertz CT molecular complexity index is 1100. The average Bonchev–Trinajstić information content (AvgIpc) is 3.33. The van der Waals surface area contributed by atoms with Crippen LogP contribution in [-0.2, 0) is 11.3 Å². The van der Waals surface area contributed by atoms with Crippen molar-refractivity contribution in [2.24, 2.45) is 0 Å². The van der Waals surface area contributed by atoms with Crippen molar-refractivity contribution in [3.8, 4) is 0 Å². The van der Waals surface area contributed by atoms with Crippen molar-refractivity contribution in [1.29, 1.82) is 0 Å². The van der Waals surface area contributed by atoms with Crippen molar-refractivity contribution < 1.29 is 14.0 Å². The van der Waals surface area contributed by atoms with Gasteiger partial charge in [-0.2, -0.15) is 0 Å². The van der Waals surface area contributed by atoms with Crippen LogP contribution in [0, 0.1) is 0 Å². The smallest absolute Gasteiger partial charge is 0.251 e. The Morgan fingerprint density at radius 3 is 2.06 bits per heavy atom. The molecule has 0 radical (unpaired) electrons. The molecule has 0 bridgehead atoms. The van der Waals surface area contributed by atoms with E-state index < -0.39 is 5.92 Å². The van der Waals surface area contributed by atoms with Crippen molar-refractivity contribution >= 4 is 17.5 Å². The van der Waals surface area contributed by atoms with E-state index in [1.807, 2.05) is 60.7 Å². The summed E-state index contributed by atoms with van der Waals surface area (Å²) >= 11 is 0. The van der Waals surface area contributed by atoms with Gasteiger partial charge in [-0.3, -0.25) is 9.59 Å². The van der Waals surface area contributed by atoms with E-state index in [1.165, 1.54) is 0 Å². The first-order chi connectivity index (χ1) is 15.2. The Balaban J connectivity index is 1.51. The first kappa shape index (κ1) is 20.2. The summed E-state index contributed by atoms with van der Waals surface area (Å²) < 4.78 is 5.23. The van der Waals surface area contributed by atoms with E-state index >= 15 is 0 Å². The molecule has 3 aromatic carbocycles. The molecule has 1 heterocycles. The van der Waals surface area contributed by atoms with Crippen LogP contribution in [0.4, 0.5) is 5.69 Å². The highest BCUT2D eigenvalue weighted by molar-refractivity contribution is 6.00. The van der Waals surface area contributed by atoms with Gasteiger partial charge in [0.1, 0.15) is 5.76 Å². The van der Waals surface area contributed by atoms with Crippen LogP contribution in [0.25, 0.3) is 0 Å². The minimum atomic E-state index is -0.459. The largest absolute Gasteiger partial charge is 0.467 e. The molecule has 0 aliphatic carbocycles. The molecule has 2 N–H and O–H groups in total. The highest BCUT2D eigenvalue weighted by atomic mass is 16.3. The summed E-state index contributed by atoms with van der Waals surface area (Å²) in [6, 6.07) is 29.8. The molecule has 0 saturated carbocycles. The SMILES string of the molecule is O=C(NCc1ccco1)c1cccc(NC(=O)C(c2ccccc2)c2ccccc2)c1. The lowest BCUT2D eigenvalue weighted by Gasteiger charge is -2.18. The monoisotopic (exact) mass is 410 g/mol. The molecular formula is C26H22N2O3. The number of nitrogens with one attached hydrogen (secondary N) is 2. The number of benzene rings is 3. The first-order valence-corrected chi connectivity index (χ1v) is 10.0. The molecule has 0 spiro atoms. The van der Waals surface area contributed by atoms with E-state index in [4.69, 9.17) is 4.42 Å². The van der Waals surface area contributed by atoms with Crippen molar-refractivity contribution in [3.05, 3.63) is 126 Å². The zero-order valence-corrected chi connectivity index (χ0v) is 16.8. The van der Waals surface area contributed by atoms with E-state index in [9.17, 15) is 9.59 Å². The van der Waals surface area contributed by atoms with Gasteiger partial charge in [-0.25, -0.2) is 0 Å². The van der Waals surface area contributed by atoms with E-state index in [0.29, 0.717) is 23.6 Å². The summed E-state index contributed by atoms with van der Waals surface area (Å²) in [6.45, 7) is 0.298. The van der Waals surface area contributed by atoms with Crippen LogP contribution in [0.3, 0.4) is 0 Å². The molecule has 5 nitrogen and oxygen atoms in total. The van der Waals surface area contributed by atoms with Gasteiger partial charge in [0, 0.05) is 11.3 Å². The standard InChI is InChI=1S/C26H22N2O3/c29-25(27-18-23-15-8-16-31-23)21-13-7-14-22(17-21)28-26(30)24(19-9-3-1-4-10-19)20-11-5-2-6-12-20/h1-17,24H,18H2,(H,27,29)(H,28,30). The fourth-order valence-electron chi connectivity index (χ4n) is 3.42. The predicted molar refractivity (Wildman–Crippen MR) is 120 cm³/mol. The Hall–Kier alpha value is -4.12. The molecule has 4 aromatic rings. The summed E-state index contributed by atoms with van der Waals surface area (Å²) in [5.74, 6) is -0.189. The number of rotatable bonds is 7. The fraction of sp³-hybridized carbons (Fsp3) is 0.0769. The van der Waals surface area contributed by atoms with E-state index in [2.05, 4.69) is 10.6 Å². The van der Waals surface area contributed by atoms with Gasteiger partial charge in [-0.15, -0.1) is 0 Å². The summed E-state index contributed by atoms with van der Waals surface area (Å²) in [7, 11) is 0. The van der Waals surface area contributed by atoms with Crippen LogP contribution in [0.1, 0.15) is 33.2 Å². The third kappa shape index (κ3) is 5.08. The van der Waals surface area contributed by atoms with Crippen LogP contribution >= 0.6 is 0 Å². The van der Waals surface area contributed by atoms with Crippen LogP contribution < -0.4 is 10.6 Å². The Kier molecular flexibility index (Phi) is 6.24. The van der Waals surface area contributed by atoms with Gasteiger partial charge in [0.15, 0.2) is 0 Å². The summed E-state index contributed by atoms with van der Waals surface area (Å²) in [4.78, 5) is 25.7. The highest BCUT2D eigenvalue weighted by Crippen LogP contribution is 2.26. The minimum absolute atomic E-state index is 0.162. The molecule has 0 fully saturated rings. The number of hydrogen-bond donors (Lipinski definition) is 2. The minimum Gasteiger partial charge on any atom is -0.467 e. The number of furan rings is 1. The van der Waals surface area contributed by atoms with Gasteiger partial charge in [0.05, 0.1) is 18.7 Å². The third-order valence-electron chi connectivity index (χ3n) is 4.92. The zero-order valence-electron chi connectivity index (χ0n) is 16.8. The van der Waals surface area contributed by atoms with Gasteiger partial charge in [-0.1, -0.05) is 66.7 Å². The molecule has 0 atom stereocenters. The second kappa shape index (κ2) is 9.59. The number of hydrogen-bond acceptors (Lipinski definition) is 3. The van der Waals surface area contributed by atoms with Gasteiger partial charge >= 0.3 is 0 Å². The molecule has 0 aliphatic rings. The van der Waals surface area contributed by atoms with Crippen LogP contribution in [0.2, 0.25) is 0 Å². The van der Waals surface area contributed by atoms with Crippen LogP contribution in [0.15, 0.2) is 108 Å². The van der Waals surface area contributed by atoms with Crippen molar-refractivity contribution in [2.45, 2.75) is 12.5 Å². The lowest BCUT2D eigenvalue weighted by atomic mass is 9.90. The number of carbonyl (C=O) groups is 2. The average molecular weight is 410 g/mol. The molecule has 0 aliphatic heterocycles. The van der Waals surface area contributed by atoms with Gasteiger partial charge in [-0.05, 0) is 41.5 Å². The van der Waals surface area contributed by atoms with Gasteiger partial charge < -0.3 is 15.1 Å². The van der Waals surface area contributed by atoms with E-state index in [1.54, 1.807) is 42.7 Å². The zero-order chi connectivity index (χ0) is 21.5. The van der Waals surface area contributed by atoms with Gasteiger partial charge in [0.25, 0.3) is 5.91 Å².